The predicted octanol–water partition coefficient (Wildman–Crippen LogP) is 4.61. The van der Waals surface area contributed by atoms with Crippen molar-refractivity contribution in [2.45, 2.75) is 6.92 Å². The van der Waals surface area contributed by atoms with Gasteiger partial charge in [-0.15, -0.1) is 0 Å². The maximum atomic E-state index is 12.7. The first-order valence-electron chi connectivity index (χ1n) is 8.11. The molecule has 1 N–H and O–H groups in total. The van der Waals surface area contributed by atoms with Crippen LogP contribution >= 0.6 is 27.3 Å². The van der Waals surface area contributed by atoms with E-state index in [4.69, 9.17) is 4.74 Å². The van der Waals surface area contributed by atoms with Gasteiger partial charge in [-0.2, -0.15) is 0 Å². The van der Waals surface area contributed by atoms with Crippen LogP contribution in [0.1, 0.15) is 11.3 Å². The van der Waals surface area contributed by atoms with Gasteiger partial charge in [0, 0.05) is 16.4 Å². The maximum absolute atomic E-state index is 12.7. The zero-order valence-electron chi connectivity index (χ0n) is 14.6. The summed E-state index contributed by atoms with van der Waals surface area (Å²) in [5, 5.41) is 3.68. The minimum Gasteiger partial charge on any atom is -0.497 e. The van der Waals surface area contributed by atoms with Gasteiger partial charge in [0.1, 0.15) is 5.75 Å². The van der Waals surface area contributed by atoms with E-state index in [-0.39, 0.29) is 5.56 Å². The summed E-state index contributed by atoms with van der Waals surface area (Å²) in [5.74, 6) is 0.778. The number of methoxy groups -OCH3 is 1. The van der Waals surface area contributed by atoms with Gasteiger partial charge < -0.3 is 4.74 Å². The lowest BCUT2D eigenvalue weighted by molar-refractivity contribution is 0.415. The van der Waals surface area contributed by atoms with Crippen LogP contribution in [0.5, 0.6) is 5.75 Å². The zero-order valence-corrected chi connectivity index (χ0v) is 17.0. The van der Waals surface area contributed by atoms with E-state index in [1.807, 2.05) is 49.4 Å². The number of aromatic nitrogens is 3. The fourth-order valence-corrected chi connectivity index (χ4v) is 3.78. The number of rotatable bonds is 4. The molecule has 0 amide bonds. The molecule has 0 saturated heterocycles. The Morgan fingerprint density at radius 1 is 1.26 bits per heavy atom. The first-order valence-corrected chi connectivity index (χ1v) is 9.72. The number of aromatic amines is 1. The third kappa shape index (κ3) is 3.45. The highest BCUT2D eigenvalue weighted by Gasteiger charge is 2.11. The molecule has 6 nitrogen and oxygen atoms in total. The smallest absolute Gasteiger partial charge is 0.280 e. The number of ether oxygens (including phenoxy) is 1. The number of benzene rings is 2. The Kier molecular flexibility index (Phi) is 4.67. The Balaban J connectivity index is 1.68. The molecule has 0 fully saturated rings. The summed E-state index contributed by atoms with van der Waals surface area (Å²) in [6.45, 7) is 1.85. The van der Waals surface area contributed by atoms with Crippen molar-refractivity contribution in [2.75, 3.05) is 7.11 Å². The van der Waals surface area contributed by atoms with E-state index in [2.05, 4.69) is 31.0 Å². The molecule has 8 heteroatoms. The molecule has 0 aliphatic carbocycles. The number of hydrogen-bond acceptors (Lipinski definition) is 5. The Morgan fingerprint density at radius 3 is 2.78 bits per heavy atom. The second-order valence-corrected chi connectivity index (χ2v) is 7.78. The van der Waals surface area contributed by atoms with Crippen molar-refractivity contribution in [2.24, 2.45) is 4.99 Å². The van der Waals surface area contributed by atoms with E-state index < -0.39 is 0 Å². The quantitative estimate of drug-likeness (QED) is 0.469. The number of nitrogens with one attached hydrogen (secondary N) is 1. The highest BCUT2D eigenvalue weighted by molar-refractivity contribution is 9.10. The fourth-order valence-electron chi connectivity index (χ4n) is 2.68. The van der Waals surface area contributed by atoms with E-state index in [1.165, 1.54) is 16.0 Å². The summed E-state index contributed by atoms with van der Waals surface area (Å²) >= 11 is 4.85. The van der Waals surface area contributed by atoms with Crippen molar-refractivity contribution < 1.29 is 4.74 Å². The molecule has 0 spiro atoms. The lowest BCUT2D eigenvalue weighted by Crippen LogP contribution is -2.17. The van der Waals surface area contributed by atoms with Crippen molar-refractivity contribution in [1.82, 2.24) is 14.8 Å². The fraction of sp³-hybridized carbons (Fsp3) is 0.105. The van der Waals surface area contributed by atoms with Crippen LogP contribution in [0.2, 0.25) is 0 Å². The summed E-state index contributed by atoms with van der Waals surface area (Å²) in [7, 11) is 1.63. The summed E-state index contributed by atoms with van der Waals surface area (Å²) in [6.07, 6.45) is 1.57. The highest BCUT2D eigenvalue weighted by atomic mass is 79.9. The first kappa shape index (κ1) is 17.7. The second kappa shape index (κ2) is 7.13. The van der Waals surface area contributed by atoms with Gasteiger partial charge in [0.15, 0.2) is 0 Å². The number of fused-ring (bicyclic) bond motifs is 1. The van der Waals surface area contributed by atoms with Crippen molar-refractivity contribution >= 4 is 48.8 Å². The molecular formula is C19H15BrN4O2S. The first-order chi connectivity index (χ1) is 13.0. The van der Waals surface area contributed by atoms with Gasteiger partial charge in [-0.1, -0.05) is 27.3 Å². The molecule has 0 saturated carbocycles. The minimum absolute atomic E-state index is 0.152. The van der Waals surface area contributed by atoms with Crippen LogP contribution < -0.4 is 10.3 Å². The van der Waals surface area contributed by atoms with Crippen molar-refractivity contribution in [3.05, 3.63) is 68.5 Å². The lowest BCUT2D eigenvalue weighted by atomic mass is 10.3. The average Bonchev–Trinajstić information content (AvgIpc) is 3.20. The topological polar surface area (TPSA) is 72.3 Å². The molecule has 0 unspecified atom stereocenters. The third-order valence-corrected chi connectivity index (χ3v) is 5.55. The molecule has 2 aromatic carbocycles. The number of halogens is 1. The predicted molar refractivity (Wildman–Crippen MR) is 112 cm³/mol. The number of hydrogen-bond donors (Lipinski definition) is 1. The number of thiazole rings is 1. The highest BCUT2D eigenvalue weighted by Crippen LogP contribution is 2.30. The molecule has 2 aromatic heterocycles. The van der Waals surface area contributed by atoms with Gasteiger partial charge in [-0.25, -0.2) is 14.7 Å². The molecule has 136 valence electrons. The second-order valence-electron chi connectivity index (χ2n) is 5.86. The van der Waals surface area contributed by atoms with Crippen molar-refractivity contribution in [3.8, 4) is 11.4 Å². The molecule has 4 aromatic rings. The normalized spacial score (nSPS) is 11.5. The SMILES string of the molecule is COc1ccc2nc(N=Cc3c(C)[nH]n(-c4ccc(Br)cc4)c3=O)sc2c1. The zero-order chi connectivity index (χ0) is 19.0. The van der Waals surface area contributed by atoms with E-state index in [1.54, 1.807) is 13.3 Å². The van der Waals surface area contributed by atoms with Gasteiger partial charge in [0.2, 0.25) is 5.13 Å². The Morgan fingerprint density at radius 2 is 2.04 bits per heavy atom. The van der Waals surface area contributed by atoms with E-state index >= 15 is 0 Å². The van der Waals surface area contributed by atoms with Crippen LogP contribution in [0.15, 0.2) is 56.7 Å². The number of nitrogens with zero attached hydrogens (tertiary/aromatic N) is 3. The molecule has 0 atom stereocenters. The van der Waals surface area contributed by atoms with Crippen LogP contribution in [-0.2, 0) is 0 Å². The van der Waals surface area contributed by atoms with E-state index in [9.17, 15) is 4.79 Å². The lowest BCUT2D eigenvalue weighted by Gasteiger charge is -2.00. The number of aryl methyl sites for hydroxylation is 1. The standard InChI is InChI=1S/C19H15BrN4O2S/c1-11-15(18(25)24(23-11)13-5-3-12(20)4-6-13)10-21-19-22-16-8-7-14(26-2)9-17(16)27-19/h3-10,23H,1-2H3. The molecule has 0 radical (unpaired) electrons. The molecular weight excluding hydrogens is 428 g/mol. The summed E-state index contributed by atoms with van der Waals surface area (Å²) in [4.78, 5) is 21.6. The molecule has 4 rings (SSSR count). The van der Waals surface area contributed by atoms with Crippen LogP contribution in [-0.4, -0.2) is 28.1 Å². The summed E-state index contributed by atoms with van der Waals surface area (Å²) < 4.78 is 8.68. The molecule has 0 aliphatic rings. The van der Waals surface area contributed by atoms with E-state index in [0.29, 0.717) is 10.7 Å². The Bertz CT molecular complexity index is 1200. The van der Waals surface area contributed by atoms with Crippen LogP contribution in [0.3, 0.4) is 0 Å². The van der Waals surface area contributed by atoms with E-state index in [0.717, 1.165) is 31.8 Å². The molecule has 0 aliphatic heterocycles. The summed E-state index contributed by atoms with van der Waals surface area (Å²) in [6, 6.07) is 13.2. The van der Waals surface area contributed by atoms with Crippen molar-refractivity contribution in [3.63, 3.8) is 0 Å². The van der Waals surface area contributed by atoms with Gasteiger partial charge in [-0.3, -0.25) is 9.89 Å². The van der Waals surface area contributed by atoms with Crippen LogP contribution in [0.25, 0.3) is 15.9 Å². The minimum atomic E-state index is -0.152. The Labute approximate surface area is 167 Å². The van der Waals surface area contributed by atoms with Gasteiger partial charge in [0.05, 0.1) is 28.6 Å². The molecule has 2 heterocycles. The van der Waals surface area contributed by atoms with Crippen LogP contribution in [0, 0.1) is 6.92 Å². The van der Waals surface area contributed by atoms with Gasteiger partial charge >= 0.3 is 0 Å². The molecule has 0 bridgehead atoms. The van der Waals surface area contributed by atoms with Crippen LogP contribution in [0.4, 0.5) is 5.13 Å². The third-order valence-electron chi connectivity index (χ3n) is 4.09. The largest absolute Gasteiger partial charge is 0.497 e. The number of aliphatic imine (C=N–C) groups is 1. The van der Waals surface area contributed by atoms with Crippen molar-refractivity contribution in [1.29, 1.82) is 0 Å². The average molecular weight is 443 g/mol. The summed E-state index contributed by atoms with van der Waals surface area (Å²) in [5.41, 5.74) is 2.72. The monoisotopic (exact) mass is 442 g/mol. The molecule has 27 heavy (non-hydrogen) atoms. The number of H-pyrrole nitrogens is 1. The maximum Gasteiger partial charge on any atom is 0.280 e. The van der Waals surface area contributed by atoms with Gasteiger partial charge in [0.25, 0.3) is 5.56 Å². The Hall–Kier alpha value is -2.71. The van der Waals surface area contributed by atoms with Gasteiger partial charge in [-0.05, 0) is 49.4 Å².